The first-order valence-electron chi connectivity index (χ1n) is 6.73. The van der Waals surface area contributed by atoms with Crippen LogP contribution in [0.1, 0.15) is 44.9 Å². The van der Waals surface area contributed by atoms with Gasteiger partial charge in [-0.25, -0.2) is 0 Å². The third-order valence-corrected chi connectivity index (χ3v) is 3.79. The van der Waals surface area contributed by atoms with Crippen molar-refractivity contribution < 1.29 is 19.4 Å². The fourth-order valence-electron chi connectivity index (χ4n) is 2.75. The van der Waals surface area contributed by atoms with Crippen LogP contribution in [0, 0.1) is 5.92 Å². The predicted octanol–water partition coefficient (Wildman–Crippen LogP) is 2.22. The Bertz CT molecular complexity index is 248. The highest BCUT2D eigenvalue weighted by molar-refractivity contribution is 5.70. The second kappa shape index (κ2) is 6.36. The molecule has 0 aromatic rings. The minimum Gasteiger partial charge on any atom is -0.481 e. The van der Waals surface area contributed by atoms with Crippen molar-refractivity contribution in [2.75, 3.05) is 13.2 Å². The van der Waals surface area contributed by atoms with Crippen LogP contribution >= 0.6 is 0 Å². The predicted molar refractivity (Wildman–Crippen MR) is 62.9 cm³/mol. The minimum atomic E-state index is -0.709. The lowest BCUT2D eigenvalue weighted by atomic mass is 9.86. The number of ether oxygens (including phenoxy) is 2. The lowest BCUT2D eigenvalue weighted by Gasteiger charge is -2.31. The summed E-state index contributed by atoms with van der Waals surface area (Å²) in [6, 6.07) is 0. The number of aliphatic carboxylic acids is 1. The molecule has 2 rings (SSSR count). The van der Waals surface area contributed by atoms with E-state index in [1.54, 1.807) is 0 Å². The molecule has 1 aliphatic carbocycles. The summed E-state index contributed by atoms with van der Waals surface area (Å²) in [5, 5.41) is 9.13. The smallest absolute Gasteiger partial charge is 0.309 e. The fourth-order valence-corrected chi connectivity index (χ4v) is 2.75. The van der Waals surface area contributed by atoms with Crippen molar-refractivity contribution in [3.63, 3.8) is 0 Å². The van der Waals surface area contributed by atoms with Crippen molar-refractivity contribution in [3.05, 3.63) is 0 Å². The molecule has 3 atom stereocenters. The Morgan fingerprint density at radius 3 is 2.65 bits per heavy atom. The first-order valence-corrected chi connectivity index (χ1v) is 6.73. The van der Waals surface area contributed by atoms with Gasteiger partial charge in [-0.2, -0.15) is 0 Å². The van der Waals surface area contributed by atoms with E-state index in [4.69, 9.17) is 14.6 Å². The lowest BCUT2D eigenvalue weighted by molar-refractivity contribution is -0.152. The Hall–Kier alpha value is -0.610. The van der Waals surface area contributed by atoms with Gasteiger partial charge in [0.05, 0.1) is 24.7 Å². The van der Waals surface area contributed by atoms with Crippen molar-refractivity contribution in [2.24, 2.45) is 5.92 Å². The van der Waals surface area contributed by atoms with Crippen LogP contribution in [-0.4, -0.2) is 36.5 Å². The normalized spacial score (nSPS) is 34.5. The largest absolute Gasteiger partial charge is 0.481 e. The summed E-state index contributed by atoms with van der Waals surface area (Å²) < 4.78 is 11.4. The summed E-state index contributed by atoms with van der Waals surface area (Å²) >= 11 is 0. The van der Waals surface area contributed by atoms with Crippen LogP contribution in [0.2, 0.25) is 0 Å². The number of carboxylic acid groups (broad SMARTS) is 1. The maximum atomic E-state index is 11.1. The van der Waals surface area contributed by atoms with E-state index in [9.17, 15) is 4.79 Å². The zero-order valence-electron chi connectivity index (χ0n) is 10.3. The van der Waals surface area contributed by atoms with Crippen molar-refractivity contribution in [1.29, 1.82) is 0 Å². The molecule has 1 saturated carbocycles. The van der Waals surface area contributed by atoms with Crippen molar-refractivity contribution in [2.45, 2.75) is 57.2 Å². The van der Waals surface area contributed by atoms with E-state index in [2.05, 4.69) is 0 Å². The SMILES string of the molecule is O=C(O)C1CCCCC1OCC1CCCCO1. The van der Waals surface area contributed by atoms with Gasteiger partial charge in [0.25, 0.3) is 0 Å². The van der Waals surface area contributed by atoms with E-state index in [1.807, 2.05) is 0 Å². The van der Waals surface area contributed by atoms with Crippen molar-refractivity contribution in [1.82, 2.24) is 0 Å². The van der Waals surface area contributed by atoms with Gasteiger partial charge in [-0.3, -0.25) is 4.79 Å². The Balaban J connectivity index is 1.77. The Kier molecular flexibility index (Phi) is 4.80. The molecule has 4 nitrogen and oxygen atoms in total. The van der Waals surface area contributed by atoms with Crippen LogP contribution in [0.4, 0.5) is 0 Å². The molecule has 0 aromatic carbocycles. The highest BCUT2D eigenvalue weighted by atomic mass is 16.5. The number of hydrogen-bond acceptors (Lipinski definition) is 3. The number of carboxylic acids is 1. The first kappa shape index (κ1) is 12.8. The Morgan fingerprint density at radius 1 is 1.18 bits per heavy atom. The van der Waals surface area contributed by atoms with Gasteiger partial charge in [0, 0.05) is 6.61 Å². The van der Waals surface area contributed by atoms with Crippen LogP contribution < -0.4 is 0 Å². The Morgan fingerprint density at radius 2 is 1.94 bits per heavy atom. The second-order valence-electron chi connectivity index (χ2n) is 5.09. The maximum Gasteiger partial charge on any atom is 0.309 e. The highest BCUT2D eigenvalue weighted by Gasteiger charge is 2.32. The Labute approximate surface area is 102 Å². The van der Waals surface area contributed by atoms with E-state index in [-0.39, 0.29) is 18.1 Å². The summed E-state index contributed by atoms with van der Waals surface area (Å²) in [5.41, 5.74) is 0. The molecule has 0 aromatic heterocycles. The number of carbonyl (C=O) groups is 1. The quantitative estimate of drug-likeness (QED) is 0.821. The molecule has 0 radical (unpaired) electrons. The van der Waals surface area contributed by atoms with Crippen LogP contribution in [0.5, 0.6) is 0 Å². The van der Waals surface area contributed by atoms with Crippen molar-refractivity contribution >= 4 is 5.97 Å². The summed E-state index contributed by atoms with van der Waals surface area (Å²) in [7, 11) is 0. The van der Waals surface area contributed by atoms with Crippen LogP contribution in [-0.2, 0) is 14.3 Å². The molecule has 1 aliphatic heterocycles. The highest BCUT2D eigenvalue weighted by Crippen LogP contribution is 2.27. The van der Waals surface area contributed by atoms with E-state index in [1.165, 1.54) is 6.42 Å². The standard InChI is InChI=1S/C13H22O4/c14-13(15)11-6-1-2-7-12(11)17-9-10-5-3-4-8-16-10/h10-12H,1-9H2,(H,14,15). The molecule has 0 bridgehead atoms. The molecule has 1 heterocycles. The average Bonchev–Trinajstić information content (AvgIpc) is 2.38. The van der Waals surface area contributed by atoms with E-state index < -0.39 is 5.97 Å². The summed E-state index contributed by atoms with van der Waals surface area (Å²) in [6.45, 7) is 1.38. The van der Waals surface area contributed by atoms with Gasteiger partial charge in [-0.15, -0.1) is 0 Å². The molecule has 4 heteroatoms. The van der Waals surface area contributed by atoms with Gasteiger partial charge in [0.2, 0.25) is 0 Å². The van der Waals surface area contributed by atoms with E-state index >= 15 is 0 Å². The second-order valence-corrected chi connectivity index (χ2v) is 5.09. The molecule has 98 valence electrons. The van der Waals surface area contributed by atoms with Gasteiger partial charge < -0.3 is 14.6 Å². The maximum absolute atomic E-state index is 11.1. The topological polar surface area (TPSA) is 55.8 Å². The molecule has 1 saturated heterocycles. The van der Waals surface area contributed by atoms with Crippen LogP contribution in [0.3, 0.4) is 0 Å². The molecular weight excluding hydrogens is 220 g/mol. The van der Waals surface area contributed by atoms with Gasteiger partial charge in [0.1, 0.15) is 0 Å². The van der Waals surface area contributed by atoms with Crippen LogP contribution in [0.15, 0.2) is 0 Å². The van der Waals surface area contributed by atoms with Crippen molar-refractivity contribution in [3.8, 4) is 0 Å². The van der Waals surface area contributed by atoms with Gasteiger partial charge in [0.15, 0.2) is 0 Å². The molecule has 2 aliphatic rings. The molecule has 0 amide bonds. The van der Waals surface area contributed by atoms with Gasteiger partial charge in [-0.1, -0.05) is 12.8 Å². The van der Waals surface area contributed by atoms with Gasteiger partial charge in [-0.05, 0) is 32.1 Å². The summed E-state index contributed by atoms with van der Waals surface area (Å²) in [4.78, 5) is 11.1. The number of hydrogen-bond donors (Lipinski definition) is 1. The monoisotopic (exact) mass is 242 g/mol. The third kappa shape index (κ3) is 3.68. The molecule has 1 N–H and O–H groups in total. The summed E-state index contributed by atoms with van der Waals surface area (Å²) in [6.07, 6.45) is 7.18. The lowest BCUT2D eigenvalue weighted by Crippen LogP contribution is -2.36. The molecule has 3 unspecified atom stereocenters. The summed E-state index contributed by atoms with van der Waals surface area (Å²) in [5.74, 6) is -1.02. The van der Waals surface area contributed by atoms with Gasteiger partial charge >= 0.3 is 5.97 Å². The number of rotatable bonds is 4. The van der Waals surface area contributed by atoms with E-state index in [0.29, 0.717) is 6.61 Å². The third-order valence-electron chi connectivity index (χ3n) is 3.79. The molecule has 2 fully saturated rings. The zero-order chi connectivity index (χ0) is 12.1. The molecule has 0 spiro atoms. The van der Waals surface area contributed by atoms with Crippen LogP contribution in [0.25, 0.3) is 0 Å². The zero-order valence-corrected chi connectivity index (χ0v) is 10.3. The minimum absolute atomic E-state index is 0.105. The first-order chi connectivity index (χ1) is 8.27. The van der Waals surface area contributed by atoms with E-state index in [0.717, 1.165) is 45.1 Å². The average molecular weight is 242 g/mol. The fraction of sp³-hybridized carbons (Fsp3) is 0.923. The molecule has 17 heavy (non-hydrogen) atoms. The molecular formula is C13H22O4.